The monoisotopic (exact) mass is 287 g/mol. The van der Waals surface area contributed by atoms with Crippen LogP contribution in [0.25, 0.3) is 0 Å². The van der Waals surface area contributed by atoms with Gasteiger partial charge in [-0.15, -0.1) is 10.2 Å². The molecule has 0 aliphatic carbocycles. The lowest BCUT2D eigenvalue weighted by Gasteiger charge is -1.99. The smallest absolute Gasteiger partial charge is 0.258 e. The van der Waals surface area contributed by atoms with Gasteiger partial charge < -0.3 is 0 Å². The molecule has 0 atom stereocenters. The predicted molar refractivity (Wildman–Crippen MR) is 67.6 cm³/mol. The van der Waals surface area contributed by atoms with Crippen LogP contribution in [0, 0.1) is 10.1 Å². The summed E-state index contributed by atoms with van der Waals surface area (Å²) in [7, 11) is 0. The van der Waals surface area contributed by atoms with Gasteiger partial charge in [-0.25, -0.2) is 0 Å². The van der Waals surface area contributed by atoms with E-state index in [-0.39, 0.29) is 10.6 Å². The Labute approximate surface area is 110 Å². The van der Waals surface area contributed by atoms with Crippen molar-refractivity contribution in [1.29, 1.82) is 0 Å². The molecule has 0 radical (unpaired) electrons. The summed E-state index contributed by atoms with van der Waals surface area (Å²) in [6.45, 7) is 0. The zero-order valence-electron chi connectivity index (χ0n) is 8.37. The molecule has 0 bridgehead atoms. The van der Waals surface area contributed by atoms with Crippen molar-refractivity contribution in [2.24, 2.45) is 0 Å². The summed E-state index contributed by atoms with van der Waals surface area (Å²) in [4.78, 5) is 10.4. The van der Waals surface area contributed by atoms with Gasteiger partial charge in [0.25, 0.3) is 5.69 Å². The van der Waals surface area contributed by atoms with Crippen molar-refractivity contribution in [3.05, 3.63) is 44.4 Å². The molecule has 88 valence electrons. The third-order valence-electron chi connectivity index (χ3n) is 1.92. The molecule has 0 aliphatic heterocycles. The van der Waals surface area contributed by atoms with Gasteiger partial charge in [-0.05, 0) is 11.6 Å². The first-order valence-electron chi connectivity index (χ1n) is 4.51. The third-order valence-corrected chi connectivity index (χ3v) is 4.12. The van der Waals surface area contributed by atoms with E-state index < -0.39 is 0 Å². The van der Waals surface area contributed by atoms with Crippen LogP contribution in [0.4, 0.5) is 5.69 Å². The second-order valence-electron chi connectivity index (χ2n) is 3.00. The normalized spacial score (nSPS) is 10.4. The fourth-order valence-corrected chi connectivity index (χ4v) is 3.17. The largest absolute Gasteiger partial charge is 0.273 e. The Hall–Kier alpha value is -1.18. The molecule has 2 rings (SSSR count). The summed E-state index contributed by atoms with van der Waals surface area (Å²) in [6.07, 6.45) is 0. The Morgan fingerprint density at radius 1 is 1.41 bits per heavy atom. The number of nitrogens with zero attached hydrogens (tertiary/aromatic N) is 3. The van der Waals surface area contributed by atoms with E-state index in [0.29, 0.717) is 20.1 Å². The van der Waals surface area contributed by atoms with E-state index in [1.807, 2.05) is 0 Å². The molecule has 1 aromatic heterocycles. The fourth-order valence-electron chi connectivity index (χ4n) is 1.20. The highest BCUT2D eigenvalue weighted by molar-refractivity contribution is 8.00. The summed E-state index contributed by atoms with van der Waals surface area (Å²) in [5.41, 5.74) is 0.782. The molecule has 1 aromatic carbocycles. The Morgan fingerprint density at radius 3 is 2.82 bits per heavy atom. The molecule has 0 N–H and O–H groups in total. The number of thioether (sulfide) groups is 1. The lowest BCUT2D eigenvalue weighted by molar-refractivity contribution is -0.385. The number of hydrogen-bond acceptors (Lipinski definition) is 6. The van der Waals surface area contributed by atoms with Crippen LogP contribution in [0.1, 0.15) is 5.56 Å². The molecule has 8 heteroatoms. The number of halogens is 1. The molecule has 0 saturated carbocycles. The number of aromatic nitrogens is 2. The zero-order chi connectivity index (χ0) is 12.3. The van der Waals surface area contributed by atoms with Gasteiger partial charge in [0.05, 0.1) is 4.92 Å². The first-order chi connectivity index (χ1) is 8.16. The number of para-hydroxylation sites is 1. The number of nitro benzene ring substituents is 1. The van der Waals surface area contributed by atoms with Gasteiger partial charge in [-0.3, -0.25) is 10.1 Å². The van der Waals surface area contributed by atoms with Crippen LogP contribution in [-0.4, -0.2) is 15.1 Å². The molecule has 1 heterocycles. The second kappa shape index (κ2) is 5.44. The Kier molecular flexibility index (Phi) is 3.93. The number of benzene rings is 1. The molecule has 0 fully saturated rings. The van der Waals surface area contributed by atoms with Crippen LogP contribution in [0.2, 0.25) is 4.47 Å². The molecule has 0 spiro atoms. The summed E-state index contributed by atoms with van der Waals surface area (Å²) >= 11 is 8.29. The fraction of sp³-hybridized carbons (Fsp3) is 0.111. The van der Waals surface area contributed by atoms with Crippen molar-refractivity contribution in [1.82, 2.24) is 10.2 Å². The number of nitro groups is 1. The van der Waals surface area contributed by atoms with Crippen molar-refractivity contribution >= 4 is 40.4 Å². The van der Waals surface area contributed by atoms with Crippen molar-refractivity contribution in [2.75, 3.05) is 0 Å². The minimum atomic E-state index is -0.386. The molecule has 5 nitrogen and oxygen atoms in total. The highest BCUT2D eigenvalue weighted by Crippen LogP contribution is 2.30. The first kappa shape index (κ1) is 12.3. The maximum atomic E-state index is 10.8. The summed E-state index contributed by atoms with van der Waals surface area (Å²) in [5.74, 6) is 0.475. The molecule has 0 unspecified atom stereocenters. The molecule has 0 amide bonds. The molecular weight excluding hydrogens is 282 g/mol. The Balaban J connectivity index is 2.11. The highest BCUT2D eigenvalue weighted by atomic mass is 35.5. The predicted octanol–water partition coefficient (Wildman–Crippen LogP) is 3.39. The average Bonchev–Trinajstić information content (AvgIpc) is 2.73. The Morgan fingerprint density at radius 2 is 2.18 bits per heavy atom. The lowest BCUT2D eigenvalue weighted by Crippen LogP contribution is -1.93. The van der Waals surface area contributed by atoms with Crippen molar-refractivity contribution in [2.45, 2.75) is 10.1 Å². The van der Waals surface area contributed by atoms with Crippen molar-refractivity contribution in [3.63, 3.8) is 0 Å². The second-order valence-corrected chi connectivity index (χ2v) is 5.78. The van der Waals surface area contributed by atoms with Gasteiger partial charge in [-0.1, -0.05) is 41.3 Å². The summed E-state index contributed by atoms with van der Waals surface area (Å²) in [5, 5.41) is 18.3. The molecule has 2 aromatic rings. The van der Waals surface area contributed by atoms with Gasteiger partial charge in [0, 0.05) is 17.4 Å². The standard InChI is InChI=1S/C9H6ClN3O2S2/c10-8-11-12-9(17-8)16-5-6-3-1-2-4-7(6)13(14)15/h1-4H,5H2. The van der Waals surface area contributed by atoms with Crippen molar-refractivity contribution in [3.8, 4) is 0 Å². The zero-order valence-corrected chi connectivity index (χ0v) is 10.8. The van der Waals surface area contributed by atoms with Gasteiger partial charge in [0.2, 0.25) is 4.47 Å². The summed E-state index contributed by atoms with van der Waals surface area (Å²) < 4.78 is 1.07. The Bertz CT molecular complexity index is 547. The van der Waals surface area contributed by atoms with E-state index in [0.717, 1.165) is 0 Å². The first-order valence-corrected chi connectivity index (χ1v) is 6.69. The average molecular weight is 288 g/mol. The SMILES string of the molecule is O=[N+]([O-])c1ccccc1CSc1nnc(Cl)s1. The van der Waals surface area contributed by atoms with Crippen molar-refractivity contribution < 1.29 is 4.92 Å². The van der Waals surface area contributed by atoms with E-state index in [9.17, 15) is 10.1 Å². The van der Waals surface area contributed by atoms with E-state index in [2.05, 4.69) is 10.2 Å². The quantitative estimate of drug-likeness (QED) is 0.490. The molecule has 17 heavy (non-hydrogen) atoms. The van der Waals surface area contributed by atoms with Crippen LogP contribution in [-0.2, 0) is 5.75 Å². The molecular formula is C9H6ClN3O2S2. The van der Waals surface area contributed by atoms with E-state index >= 15 is 0 Å². The maximum absolute atomic E-state index is 10.8. The van der Waals surface area contributed by atoms with E-state index in [1.165, 1.54) is 29.2 Å². The molecule has 0 aliphatic rings. The van der Waals surface area contributed by atoms with Gasteiger partial charge >= 0.3 is 0 Å². The van der Waals surface area contributed by atoms with Crippen LogP contribution in [0.15, 0.2) is 28.6 Å². The van der Waals surface area contributed by atoms with Crippen LogP contribution in [0.3, 0.4) is 0 Å². The number of rotatable bonds is 4. The van der Waals surface area contributed by atoms with E-state index in [1.54, 1.807) is 18.2 Å². The van der Waals surface area contributed by atoms with Crippen LogP contribution < -0.4 is 0 Å². The minimum absolute atomic E-state index is 0.121. The number of hydrogen-bond donors (Lipinski definition) is 0. The van der Waals surface area contributed by atoms with E-state index in [4.69, 9.17) is 11.6 Å². The molecule has 0 saturated heterocycles. The topological polar surface area (TPSA) is 68.9 Å². The summed E-state index contributed by atoms with van der Waals surface area (Å²) in [6, 6.07) is 6.64. The van der Waals surface area contributed by atoms with Gasteiger partial charge in [-0.2, -0.15) is 0 Å². The highest BCUT2D eigenvalue weighted by Gasteiger charge is 2.13. The maximum Gasteiger partial charge on any atom is 0.273 e. The van der Waals surface area contributed by atoms with Crippen LogP contribution in [0.5, 0.6) is 0 Å². The lowest BCUT2D eigenvalue weighted by atomic mass is 10.2. The third kappa shape index (κ3) is 3.15. The minimum Gasteiger partial charge on any atom is -0.258 e. The van der Waals surface area contributed by atoms with Crippen LogP contribution >= 0.6 is 34.7 Å². The van der Waals surface area contributed by atoms with Gasteiger partial charge in [0.15, 0.2) is 4.34 Å². The van der Waals surface area contributed by atoms with Gasteiger partial charge in [0.1, 0.15) is 0 Å².